The van der Waals surface area contributed by atoms with Gasteiger partial charge < -0.3 is 0 Å². The number of hydrogen-bond acceptors (Lipinski definition) is 0. The molecule has 3 aromatic carbocycles. The van der Waals surface area contributed by atoms with Crippen LogP contribution in [-0.4, -0.2) is 0 Å². The molecule has 124 valence electrons. The zero-order valence-electron chi connectivity index (χ0n) is 15.3. The first-order valence-corrected chi connectivity index (χ1v) is 8.78. The van der Waals surface area contributed by atoms with Gasteiger partial charge in [-0.05, 0) is 23.0 Å². The van der Waals surface area contributed by atoms with Crippen molar-refractivity contribution in [3.8, 4) is 11.1 Å². The number of unbranched alkanes of at least 4 members (excludes halogenated alkanes) is 1. The second-order valence-corrected chi connectivity index (χ2v) is 7.60. The third-order valence-electron chi connectivity index (χ3n) is 4.69. The predicted molar refractivity (Wildman–Crippen MR) is 102 cm³/mol. The summed E-state index contributed by atoms with van der Waals surface area (Å²) in [4.78, 5) is 0. The Bertz CT molecular complexity index is 785. The van der Waals surface area contributed by atoms with Crippen LogP contribution in [0.25, 0.3) is 21.9 Å². The molecule has 0 aliphatic rings. The topological polar surface area (TPSA) is 0 Å². The van der Waals surface area contributed by atoms with Gasteiger partial charge >= 0.3 is 0 Å². The van der Waals surface area contributed by atoms with Gasteiger partial charge in [-0.1, -0.05) is 76.4 Å². The van der Waals surface area contributed by atoms with Crippen LogP contribution in [0.3, 0.4) is 0 Å². The summed E-state index contributed by atoms with van der Waals surface area (Å²) in [5.41, 5.74) is 5.74. The van der Waals surface area contributed by atoms with Gasteiger partial charge in [-0.15, -0.1) is 34.5 Å². The van der Waals surface area contributed by atoms with E-state index < -0.39 is 0 Å². The van der Waals surface area contributed by atoms with Crippen molar-refractivity contribution in [1.82, 2.24) is 0 Å². The fourth-order valence-electron chi connectivity index (χ4n) is 3.22. The quantitative estimate of drug-likeness (QED) is 0.282. The van der Waals surface area contributed by atoms with Crippen LogP contribution in [0.2, 0.25) is 0 Å². The molecule has 1 heteroatoms. The molecule has 0 saturated heterocycles. The molecule has 0 saturated carbocycles. The van der Waals surface area contributed by atoms with Crippen LogP contribution >= 0.6 is 0 Å². The Morgan fingerprint density at radius 2 is 1.67 bits per heavy atom. The largest absolute Gasteiger partial charge is 0.164 e. The molecule has 0 aliphatic heterocycles. The van der Waals surface area contributed by atoms with Gasteiger partial charge in [0.1, 0.15) is 0 Å². The first-order valence-electron chi connectivity index (χ1n) is 8.78. The van der Waals surface area contributed by atoms with Gasteiger partial charge in [0.05, 0.1) is 0 Å². The summed E-state index contributed by atoms with van der Waals surface area (Å²) < 4.78 is 0. The third kappa shape index (κ3) is 4.11. The number of fused-ring (bicyclic) bond motifs is 1. The molecule has 24 heavy (non-hydrogen) atoms. The average Bonchev–Trinajstić information content (AvgIpc) is 2.95. The van der Waals surface area contributed by atoms with E-state index in [0.717, 1.165) is 0 Å². The Hall–Kier alpha value is -1.08. The monoisotopic (exact) mass is 483 g/mol. The van der Waals surface area contributed by atoms with Gasteiger partial charge in [0.15, 0.2) is 0 Å². The normalized spacial score (nSPS) is 11.5. The Morgan fingerprint density at radius 3 is 2.29 bits per heavy atom. The van der Waals surface area contributed by atoms with Crippen LogP contribution in [0.4, 0.5) is 0 Å². The molecule has 3 aromatic rings. The van der Waals surface area contributed by atoms with E-state index in [-0.39, 0.29) is 31.3 Å². The van der Waals surface area contributed by atoms with Crippen LogP contribution in [0.1, 0.15) is 51.7 Å². The van der Waals surface area contributed by atoms with Gasteiger partial charge in [0.25, 0.3) is 0 Å². The molecule has 0 N–H and O–H groups in total. The first kappa shape index (κ1) is 19.2. The molecule has 0 amide bonds. The van der Waals surface area contributed by atoms with Crippen molar-refractivity contribution in [2.24, 2.45) is 0 Å². The van der Waals surface area contributed by atoms with Crippen molar-refractivity contribution >= 4 is 10.8 Å². The van der Waals surface area contributed by atoms with Crippen molar-refractivity contribution in [3.63, 3.8) is 0 Å². The van der Waals surface area contributed by atoms with Gasteiger partial charge in [-0.2, -0.15) is 6.07 Å². The van der Waals surface area contributed by atoms with E-state index >= 15 is 0 Å². The maximum atomic E-state index is 2.39. The molecule has 0 heterocycles. The van der Waals surface area contributed by atoms with Crippen LogP contribution < -0.4 is 0 Å². The van der Waals surface area contributed by atoms with Crippen LogP contribution in [0.15, 0.2) is 54.6 Å². The van der Waals surface area contributed by atoms with Crippen molar-refractivity contribution in [2.45, 2.75) is 52.4 Å². The molecule has 0 unspecified atom stereocenters. The second kappa shape index (κ2) is 7.87. The molecule has 0 aliphatic carbocycles. The summed E-state index contributed by atoms with van der Waals surface area (Å²) in [7, 11) is 0. The number of benzene rings is 2. The zero-order chi connectivity index (χ0) is 16.4. The van der Waals surface area contributed by atoms with Gasteiger partial charge in [-0.3, -0.25) is 0 Å². The van der Waals surface area contributed by atoms with E-state index in [0.29, 0.717) is 0 Å². The molecule has 0 radical (unpaired) electrons. The molecule has 3 rings (SSSR count). The van der Waals surface area contributed by atoms with Gasteiger partial charge in [-0.25, -0.2) is 0 Å². The van der Waals surface area contributed by atoms with Crippen LogP contribution in [-0.2, 0) is 37.7 Å². The van der Waals surface area contributed by atoms with Crippen molar-refractivity contribution in [1.29, 1.82) is 0 Å². The summed E-state index contributed by atoms with van der Waals surface area (Å²) in [6, 6.07) is 20.5. The molecule has 0 fully saturated rings. The van der Waals surface area contributed by atoms with Crippen molar-refractivity contribution in [2.75, 3.05) is 0 Å². The number of rotatable bonds is 4. The first-order chi connectivity index (χ1) is 11.0. The van der Waals surface area contributed by atoms with E-state index in [1.807, 2.05) is 0 Å². The molecular weight excluding hydrogens is 455 g/mol. The van der Waals surface area contributed by atoms with E-state index in [4.69, 9.17) is 0 Å². The molecule has 0 nitrogen and oxygen atoms in total. The summed E-state index contributed by atoms with van der Waals surface area (Å²) in [6.45, 7) is 9.05. The Morgan fingerprint density at radius 1 is 0.958 bits per heavy atom. The minimum absolute atomic E-state index is 0. The van der Waals surface area contributed by atoms with Crippen LogP contribution in [0, 0.1) is 0 Å². The Labute approximate surface area is 165 Å². The van der Waals surface area contributed by atoms with Gasteiger partial charge in [0.2, 0.25) is 0 Å². The fraction of sp³-hybridized carbons (Fsp3) is 0.348. The molecule has 0 spiro atoms. The van der Waals surface area contributed by atoms with E-state index in [1.165, 1.54) is 52.3 Å². The standard InChI is InChI=1S/C23H27.Hf/c1-5-6-8-17-15-19-9-7-10-21(22(19)16-17)18-11-13-20(14-12-18)23(2,3)4;/h7,9-16H,5-6,8H2,1-4H3;/q-1;. The fourth-order valence-corrected chi connectivity index (χ4v) is 3.22. The van der Waals surface area contributed by atoms with Crippen LogP contribution in [0.5, 0.6) is 0 Å². The van der Waals surface area contributed by atoms with E-state index in [2.05, 4.69) is 82.3 Å². The molecule has 0 bridgehead atoms. The summed E-state index contributed by atoms with van der Waals surface area (Å²) in [5, 5.41) is 2.76. The smallest absolute Gasteiger partial charge is 0 e. The van der Waals surface area contributed by atoms with E-state index in [1.54, 1.807) is 0 Å². The second-order valence-electron chi connectivity index (χ2n) is 7.60. The maximum Gasteiger partial charge on any atom is 0 e. The van der Waals surface area contributed by atoms with Gasteiger partial charge in [0, 0.05) is 25.8 Å². The van der Waals surface area contributed by atoms with Crippen molar-refractivity contribution < 1.29 is 25.8 Å². The maximum absolute atomic E-state index is 2.39. The number of hydrogen-bond donors (Lipinski definition) is 0. The van der Waals surface area contributed by atoms with E-state index in [9.17, 15) is 0 Å². The Kier molecular flexibility index (Phi) is 6.31. The number of aryl methyl sites for hydroxylation is 1. The van der Waals surface area contributed by atoms with Crippen molar-refractivity contribution in [3.05, 3.63) is 65.7 Å². The molecular formula is C23H27Hf-. The minimum atomic E-state index is 0. The summed E-state index contributed by atoms with van der Waals surface area (Å²) >= 11 is 0. The summed E-state index contributed by atoms with van der Waals surface area (Å²) in [6.07, 6.45) is 3.71. The molecule has 0 aromatic heterocycles. The summed E-state index contributed by atoms with van der Waals surface area (Å²) in [5.74, 6) is 0. The third-order valence-corrected chi connectivity index (χ3v) is 4.69. The minimum Gasteiger partial charge on any atom is -0.164 e. The Balaban J connectivity index is 0.00000208. The molecule has 0 atom stereocenters. The average molecular weight is 482 g/mol. The zero-order valence-corrected chi connectivity index (χ0v) is 18.9. The SMILES string of the molecule is CCCCc1cc2c(-c3ccc(C(C)(C)C)cc3)cccc2[cH-]1.[Hf]. The predicted octanol–water partition coefficient (Wildman–Crippen LogP) is 6.86.